The first-order chi connectivity index (χ1) is 38.7. The maximum atomic E-state index is 13.4. The van der Waals surface area contributed by atoms with Gasteiger partial charge in [0.05, 0.1) is 37.9 Å². The number of esters is 1. The van der Waals surface area contributed by atoms with Gasteiger partial charge in [0.2, 0.25) is 29.5 Å². The third-order valence-corrected chi connectivity index (χ3v) is 14.3. The molecule has 29 nitrogen and oxygen atoms in total. The standard InChI is InChI=1S/C52H93N8O21.11Ac/c1-30(48(73)58-22-10-4-7-13-24-75-50-39(53)45(70)42(67)32(27-61)79-50)15-17-37(65)60-31(49(74)59-23-11-5-8-14-25-76-51-40(54)46(71)43(68)33(28-62)80-51)16-18-36(64)57-21-9-3-6-12-26-77-52-41(55)47(72)44(69)34(81-52)29-78-38(66)20-19-35(63)56-2;;;;;;;;;;;/h30-34,39-47,50-55,61-62,67-72H,3-29H2,1-2H3,(H,56,63)(H,57,64)(H,58,73)(H,59,74)(H,60,65);;;;;;;;;;;/q-3;;;;;;;;;;;. The van der Waals surface area contributed by atoms with E-state index in [2.05, 4.69) is 26.6 Å². The Morgan fingerprint density at radius 2 is 0.793 bits per heavy atom. The maximum Gasteiger partial charge on any atom is 0.306 e. The molecule has 17 atom stereocenters. The van der Waals surface area contributed by atoms with E-state index in [0.717, 1.165) is 12.8 Å². The van der Waals surface area contributed by atoms with Crippen molar-refractivity contribution in [3.8, 4) is 0 Å². The van der Waals surface area contributed by atoms with Gasteiger partial charge in [-0.15, -0.1) is 0 Å². The Hall–Kier alpha value is 12.0. The monoisotopic (exact) mass is 3660 g/mol. The van der Waals surface area contributed by atoms with E-state index in [4.69, 9.17) is 50.4 Å². The molecule has 0 saturated carbocycles. The van der Waals surface area contributed by atoms with E-state index in [1.807, 2.05) is 0 Å². The molecule has 40 heteroatoms. The number of nitrogens with one attached hydrogen (secondary N) is 8. The fraction of sp³-hybridized carbons (Fsp3) is 0.885. The second kappa shape index (κ2) is 74.4. The molecule has 0 aliphatic carbocycles. The third-order valence-electron chi connectivity index (χ3n) is 14.3. The first kappa shape index (κ1) is 122. The van der Waals surface area contributed by atoms with Gasteiger partial charge >= 0.3 is 5.97 Å². The SMILES string of the molecule is CNC(=O)CCC(=O)OCC1OC(OCCCCCCNC(=O)CCC(NC(=O)CCC(C)C(=O)NCCCCCCOC2OC(CO)C(O)C(O)C2[NH-])C(=O)NCCCCCCOC2OC(CO)C(O)C(O)C2[NH-])C([NH-])C(O)C1O.[Ac].[Ac].[Ac].[Ac].[Ac].[Ac].[Ac].[Ac].[Ac].[Ac].[Ac]. The molecule has 3 saturated heterocycles. The van der Waals surface area contributed by atoms with Gasteiger partial charge in [-0.3, -0.25) is 28.8 Å². The fourth-order valence-corrected chi connectivity index (χ4v) is 8.92. The zero-order chi connectivity index (χ0) is 59.9. The third kappa shape index (κ3) is 50.9. The van der Waals surface area contributed by atoms with Crippen LogP contribution in [0.15, 0.2) is 0 Å². The van der Waals surface area contributed by atoms with Crippen LogP contribution in [0.25, 0.3) is 17.2 Å². The van der Waals surface area contributed by atoms with Gasteiger partial charge in [-0.2, -0.15) is 0 Å². The predicted octanol–water partition coefficient (Wildman–Crippen LogP) is -1.60. The number of carbonyl (C=O) groups excluding carboxylic acids is 6. The first-order valence-corrected chi connectivity index (χ1v) is 28.5. The summed E-state index contributed by atoms with van der Waals surface area (Å²) < 4.78 is 38.4. The number of hydrogen-bond acceptors (Lipinski definition) is 21. The summed E-state index contributed by atoms with van der Waals surface area (Å²) in [4.78, 5) is 75.9. The molecule has 3 aliphatic rings. The van der Waals surface area contributed by atoms with Crippen molar-refractivity contribution in [2.24, 2.45) is 5.92 Å². The summed E-state index contributed by atoms with van der Waals surface area (Å²) in [6.07, 6.45) is -7.80. The number of amides is 5. The van der Waals surface area contributed by atoms with Gasteiger partial charge in [-0.25, -0.2) is 0 Å². The molecule has 3 rings (SSSR count). The number of unbranched alkanes of at least 4 members (excludes halogenated alkanes) is 9. The molecule has 5 amide bonds. The number of aliphatic hydroxyl groups is 8. The fourth-order valence-electron chi connectivity index (χ4n) is 8.92. The van der Waals surface area contributed by atoms with E-state index in [1.165, 1.54) is 7.05 Å². The Balaban J connectivity index is -0.000000895. The van der Waals surface area contributed by atoms with Crippen molar-refractivity contribution < 1.29 is 587 Å². The first-order valence-electron chi connectivity index (χ1n) is 28.5. The number of hydrogen-bond donors (Lipinski definition) is 13. The summed E-state index contributed by atoms with van der Waals surface area (Å²) in [5.41, 5.74) is 24.3. The van der Waals surface area contributed by atoms with Crippen molar-refractivity contribution in [3.05, 3.63) is 17.2 Å². The average Bonchev–Trinajstić information content (AvgIpc) is 0.988. The van der Waals surface area contributed by atoms with Crippen LogP contribution in [0, 0.1) is 491 Å². The smallest absolute Gasteiger partial charge is 0.306 e. The summed E-state index contributed by atoms with van der Waals surface area (Å²) in [5.74, 6) is -3.11. The summed E-state index contributed by atoms with van der Waals surface area (Å²) in [6.45, 7) is 1.78. The van der Waals surface area contributed by atoms with Crippen LogP contribution < -0.4 is 26.6 Å². The molecule has 16 N–H and O–H groups in total. The van der Waals surface area contributed by atoms with Gasteiger partial charge in [0.25, 0.3) is 0 Å². The molecule has 0 aromatic heterocycles. The molecule has 0 aromatic rings. The zero-order valence-corrected chi connectivity index (χ0v) is 105. The number of carbonyl (C=O) groups is 6. The van der Waals surface area contributed by atoms with E-state index in [9.17, 15) is 69.6 Å². The van der Waals surface area contributed by atoms with Crippen molar-refractivity contribution in [2.75, 3.05) is 66.3 Å². The molecular weight excluding hydrogens is 3570 g/mol. The Morgan fingerprint density at radius 1 is 0.435 bits per heavy atom. The van der Waals surface area contributed by atoms with Crippen molar-refractivity contribution in [3.63, 3.8) is 0 Å². The molecule has 0 spiro atoms. The Morgan fingerprint density at radius 3 is 1.20 bits per heavy atom. The molecule has 17 unspecified atom stereocenters. The van der Waals surface area contributed by atoms with Crippen molar-refractivity contribution >= 4 is 35.5 Å². The van der Waals surface area contributed by atoms with Crippen LogP contribution in [0.2, 0.25) is 0 Å². The van der Waals surface area contributed by atoms with Gasteiger partial charge in [0.1, 0.15) is 68.1 Å². The van der Waals surface area contributed by atoms with Gasteiger partial charge < -0.3 is 118 Å². The predicted molar refractivity (Wildman–Crippen MR) is 287 cm³/mol. The molecular formula is C52H93Ac11N8O21-3. The van der Waals surface area contributed by atoms with Gasteiger partial charge in [0, 0.05) is 556 Å². The van der Waals surface area contributed by atoms with Crippen LogP contribution in [-0.2, 0) is 61.9 Å². The van der Waals surface area contributed by atoms with E-state index in [-0.39, 0.29) is 567 Å². The van der Waals surface area contributed by atoms with Crippen LogP contribution in [0.5, 0.6) is 0 Å². The van der Waals surface area contributed by atoms with Crippen LogP contribution in [-0.4, -0.2) is 241 Å². The molecule has 0 bridgehead atoms. The number of rotatable bonds is 40. The Labute approximate surface area is 936 Å². The van der Waals surface area contributed by atoms with Gasteiger partial charge in [-0.1, -0.05) is 63.6 Å². The molecule has 3 heterocycles. The van der Waals surface area contributed by atoms with Crippen LogP contribution in [0.3, 0.4) is 0 Å². The molecule has 503 valence electrons. The Kier molecular flexibility index (Phi) is 98.9. The van der Waals surface area contributed by atoms with Gasteiger partial charge in [-0.05, 0) is 51.4 Å². The number of ether oxygens (including phenoxy) is 7. The summed E-state index contributed by atoms with van der Waals surface area (Å²) >= 11 is 0. The molecule has 3 aliphatic heterocycles. The van der Waals surface area contributed by atoms with Crippen molar-refractivity contribution in [1.82, 2.24) is 26.6 Å². The molecule has 0 aromatic carbocycles. The van der Waals surface area contributed by atoms with E-state index in [0.29, 0.717) is 77.3 Å². The van der Waals surface area contributed by atoms with Crippen molar-refractivity contribution in [2.45, 2.75) is 220 Å². The van der Waals surface area contributed by atoms with E-state index in [1.54, 1.807) is 6.92 Å². The summed E-state index contributed by atoms with van der Waals surface area (Å²) in [7, 11) is 1.43. The summed E-state index contributed by atoms with van der Waals surface area (Å²) in [5, 5.41) is 93.2. The topological polar surface area (TPSA) is 460 Å². The minimum atomic E-state index is -1.52. The number of aliphatic hydroxyl groups excluding tert-OH is 8. The minimum Gasteiger partial charge on any atom is -0.668 e. The minimum absolute atomic E-state index is 0. The average molecular weight is 3660 g/mol. The maximum absolute atomic E-state index is 13.4. The van der Waals surface area contributed by atoms with Crippen LogP contribution >= 0.6 is 0 Å². The van der Waals surface area contributed by atoms with Crippen molar-refractivity contribution in [1.29, 1.82) is 0 Å². The molecule has 11 radical (unpaired) electrons. The zero-order valence-electron chi connectivity index (χ0n) is 53.1. The Bertz CT molecular complexity index is 1880. The van der Waals surface area contributed by atoms with E-state index >= 15 is 0 Å². The molecule has 92 heavy (non-hydrogen) atoms. The summed E-state index contributed by atoms with van der Waals surface area (Å²) in [6, 6.07) is -4.86. The van der Waals surface area contributed by atoms with Crippen LogP contribution in [0.4, 0.5) is 0 Å². The van der Waals surface area contributed by atoms with Gasteiger partial charge in [0.15, 0.2) is 0 Å². The largest absolute Gasteiger partial charge is 0.668 e. The second-order valence-electron chi connectivity index (χ2n) is 20.8. The quantitative estimate of drug-likeness (QED) is 0.0243. The molecule has 3 fully saturated rings. The van der Waals surface area contributed by atoms with Crippen LogP contribution in [0.1, 0.15) is 122 Å². The normalized spacial score (nSPS) is 25.7. The van der Waals surface area contributed by atoms with E-state index < -0.39 is 141 Å². The second-order valence-corrected chi connectivity index (χ2v) is 20.8.